The molecule has 0 saturated heterocycles. The van der Waals surface area contributed by atoms with Crippen LogP contribution in [0.25, 0.3) is 0 Å². The van der Waals surface area contributed by atoms with E-state index < -0.39 is 0 Å². The van der Waals surface area contributed by atoms with Crippen LogP contribution < -0.4 is 0 Å². The Bertz CT molecular complexity index is 167. The molecule has 10 heavy (non-hydrogen) atoms. The topological polar surface area (TPSA) is 0 Å². The second kappa shape index (κ2) is 2.11. The highest BCUT2D eigenvalue weighted by Crippen LogP contribution is 2.51. The molecular formula is C10H16. The molecule has 2 aliphatic rings. The van der Waals surface area contributed by atoms with E-state index in [1.165, 1.54) is 19.3 Å². The third kappa shape index (κ3) is 0.680. The Balaban J connectivity index is 2.27. The second-order valence-corrected chi connectivity index (χ2v) is 3.88. The summed E-state index contributed by atoms with van der Waals surface area (Å²) in [6, 6.07) is 0. The van der Waals surface area contributed by atoms with Gasteiger partial charge in [-0.2, -0.15) is 0 Å². The van der Waals surface area contributed by atoms with Crippen LogP contribution in [0.4, 0.5) is 0 Å². The van der Waals surface area contributed by atoms with Crippen LogP contribution in [0.15, 0.2) is 11.6 Å². The Morgan fingerprint density at radius 2 is 2.20 bits per heavy atom. The minimum absolute atomic E-state index is 0.981. The molecule has 3 atom stereocenters. The van der Waals surface area contributed by atoms with Gasteiger partial charge in [0.05, 0.1) is 0 Å². The van der Waals surface area contributed by atoms with E-state index in [0.717, 1.165) is 17.8 Å². The van der Waals surface area contributed by atoms with E-state index in [-0.39, 0.29) is 0 Å². The van der Waals surface area contributed by atoms with Crippen LogP contribution in [0.3, 0.4) is 0 Å². The first kappa shape index (κ1) is 6.45. The van der Waals surface area contributed by atoms with Crippen LogP contribution in [0.5, 0.6) is 0 Å². The molecule has 0 aromatic carbocycles. The lowest BCUT2D eigenvalue weighted by Crippen LogP contribution is -2.05. The fourth-order valence-electron chi connectivity index (χ4n) is 2.95. The first-order chi connectivity index (χ1) is 4.83. The molecule has 2 bridgehead atoms. The van der Waals surface area contributed by atoms with Crippen molar-refractivity contribution < 1.29 is 0 Å². The Morgan fingerprint density at radius 1 is 1.40 bits per heavy atom. The summed E-state index contributed by atoms with van der Waals surface area (Å²) in [5.74, 6) is 2.96. The molecule has 2 saturated carbocycles. The number of hydrogen-bond donors (Lipinski definition) is 0. The highest BCUT2D eigenvalue weighted by Gasteiger charge is 2.40. The van der Waals surface area contributed by atoms with E-state index in [0.29, 0.717) is 0 Å². The van der Waals surface area contributed by atoms with Gasteiger partial charge in [0.25, 0.3) is 0 Å². The third-order valence-corrected chi connectivity index (χ3v) is 3.40. The number of fused-ring (bicyclic) bond motifs is 2. The normalized spacial score (nSPS) is 49.0. The largest absolute Gasteiger partial charge is 0.0879 e. The molecule has 3 unspecified atom stereocenters. The van der Waals surface area contributed by atoms with E-state index in [1.54, 1.807) is 5.57 Å². The maximum Gasteiger partial charge on any atom is -0.0174 e. The number of rotatable bonds is 0. The number of hydrogen-bond acceptors (Lipinski definition) is 0. The Morgan fingerprint density at radius 3 is 2.50 bits per heavy atom. The summed E-state index contributed by atoms with van der Waals surface area (Å²) in [5, 5.41) is 0. The van der Waals surface area contributed by atoms with Gasteiger partial charge in [-0.05, 0) is 43.9 Å². The van der Waals surface area contributed by atoms with Crippen molar-refractivity contribution in [3.63, 3.8) is 0 Å². The third-order valence-electron chi connectivity index (χ3n) is 3.40. The van der Waals surface area contributed by atoms with Crippen LogP contribution >= 0.6 is 0 Å². The average molecular weight is 136 g/mol. The zero-order chi connectivity index (χ0) is 7.14. The first-order valence-corrected chi connectivity index (χ1v) is 4.49. The van der Waals surface area contributed by atoms with Gasteiger partial charge in [0.15, 0.2) is 0 Å². The molecular weight excluding hydrogens is 120 g/mol. The lowest BCUT2D eigenvalue weighted by Gasteiger charge is -2.14. The van der Waals surface area contributed by atoms with Gasteiger partial charge in [0.2, 0.25) is 0 Å². The van der Waals surface area contributed by atoms with Gasteiger partial charge in [-0.3, -0.25) is 0 Å². The van der Waals surface area contributed by atoms with E-state index in [1.807, 2.05) is 0 Å². The van der Waals surface area contributed by atoms with Crippen molar-refractivity contribution in [1.29, 1.82) is 0 Å². The summed E-state index contributed by atoms with van der Waals surface area (Å²) in [6.07, 6.45) is 6.80. The standard InChI is InChI=1S/C10H16/c1-3-9-8-4-5-10(9)7(2)6-8/h3,7-8,10H,4-6H2,1-2H3. The Hall–Kier alpha value is -0.260. The van der Waals surface area contributed by atoms with Crippen molar-refractivity contribution >= 4 is 0 Å². The van der Waals surface area contributed by atoms with Gasteiger partial charge in [-0.1, -0.05) is 18.6 Å². The molecule has 0 aromatic rings. The zero-order valence-electron chi connectivity index (χ0n) is 6.93. The molecule has 56 valence electrons. The molecule has 0 nitrogen and oxygen atoms in total. The quantitative estimate of drug-likeness (QED) is 0.449. The van der Waals surface area contributed by atoms with E-state index in [4.69, 9.17) is 0 Å². The van der Waals surface area contributed by atoms with Crippen LogP contribution in [-0.4, -0.2) is 0 Å². The summed E-state index contributed by atoms with van der Waals surface area (Å²) in [7, 11) is 0. The molecule has 2 aliphatic carbocycles. The summed E-state index contributed by atoms with van der Waals surface area (Å²) in [6.45, 7) is 4.62. The van der Waals surface area contributed by atoms with Crippen LogP contribution in [-0.2, 0) is 0 Å². The molecule has 0 N–H and O–H groups in total. The second-order valence-electron chi connectivity index (χ2n) is 3.88. The maximum atomic E-state index is 2.41. The van der Waals surface area contributed by atoms with Crippen LogP contribution in [0.1, 0.15) is 33.1 Å². The van der Waals surface area contributed by atoms with E-state index in [9.17, 15) is 0 Å². The Labute approximate surface area is 63.3 Å². The lowest BCUT2D eigenvalue weighted by molar-refractivity contribution is 0.362. The van der Waals surface area contributed by atoms with Crippen LogP contribution in [0.2, 0.25) is 0 Å². The smallest absolute Gasteiger partial charge is 0.0174 e. The zero-order valence-corrected chi connectivity index (χ0v) is 6.93. The van der Waals surface area contributed by atoms with Gasteiger partial charge >= 0.3 is 0 Å². The minimum Gasteiger partial charge on any atom is -0.0879 e. The maximum absolute atomic E-state index is 2.41. The SMILES string of the molecule is CC=C1C2CCC1C(C)C2. The summed E-state index contributed by atoms with van der Waals surface area (Å²) in [5.41, 5.74) is 1.78. The van der Waals surface area contributed by atoms with Crippen molar-refractivity contribution in [2.75, 3.05) is 0 Å². The highest BCUT2D eigenvalue weighted by atomic mass is 14.5. The molecule has 2 fully saturated rings. The van der Waals surface area contributed by atoms with Crippen molar-refractivity contribution in [1.82, 2.24) is 0 Å². The number of allylic oxidation sites excluding steroid dienone is 2. The molecule has 2 rings (SSSR count). The predicted octanol–water partition coefficient (Wildman–Crippen LogP) is 3.00. The van der Waals surface area contributed by atoms with Gasteiger partial charge < -0.3 is 0 Å². The van der Waals surface area contributed by atoms with Crippen molar-refractivity contribution in [2.24, 2.45) is 17.8 Å². The molecule has 0 spiro atoms. The van der Waals surface area contributed by atoms with Gasteiger partial charge in [0, 0.05) is 0 Å². The fraction of sp³-hybridized carbons (Fsp3) is 0.800. The summed E-state index contributed by atoms with van der Waals surface area (Å²) >= 11 is 0. The minimum atomic E-state index is 0.981. The molecule has 0 amide bonds. The summed E-state index contributed by atoms with van der Waals surface area (Å²) in [4.78, 5) is 0. The van der Waals surface area contributed by atoms with Gasteiger partial charge in [-0.15, -0.1) is 0 Å². The molecule has 0 radical (unpaired) electrons. The Kier molecular flexibility index (Phi) is 1.36. The average Bonchev–Trinajstić information content (AvgIpc) is 2.42. The molecule has 0 aliphatic heterocycles. The van der Waals surface area contributed by atoms with Gasteiger partial charge in [-0.25, -0.2) is 0 Å². The molecule has 0 heteroatoms. The van der Waals surface area contributed by atoms with Crippen molar-refractivity contribution in [3.05, 3.63) is 11.6 Å². The molecule has 0 aromatic heterocycles. The monoisotopic (exact) mass is 136 g/mol. The highest BCUT2D eigenvalue weighted by molar-refractivity contribution is 5.21. The van der Waals surface area contributed by atoms with E-state index in [2.05, 4.69) is 19.9 Å². The first-order valence-electron chi connectivity index (χ1n) is 4.49. The van der Waals surface area contributed by atoms with Crippen molar-refractivity contribution in [2.45, 2.75) is 33.1 Å². The van der Waals surface area contributed by atoms with E-state index >= 15 is 0 Å². The predicted molar refractivity (Wildman–Crippen MR) is 43.8 cm³/mol. The lowest BCUT2D eigenvalue weighted by atomic mass is 9.90. The van der Waals surface area contributed by atoms with Crippen LogP contribution in [0, 0.1) is 17.8 Å². The van der Waals surface area contributed by atoms with Gasteiger partial charge in [0.1, 0.15) is 0 Å². The molecule has 0 heterocycles. The fourth-order valence-corrected chi connectivity index (χ4v) is 2.95. The summed E-state index contributed by atoms with van der Waals surface area (Å²) < 4.78 is 0. The van der Waals surface area contributed by atoms with Crippen molar-refractivity contribution in [3.8, 4) is 0 Å².